The van der Waals surface area contributed by atoms with Gasteiger partial charge in [-0.05, 0) is 12.1 Å². The van der Waals surface area contributed by atoms with Crippen molar-refractivity contribution in [3.05, 3.63) is 89.2 Å². The molecule has 0 saturated heterocycles. The first-order chi connectivity index (χ1) is 11.8. The molecule has 0 fully saturated rings. The molecule has 4 rings (SSSR count). The fourth-order valence-corrected chi connectivity index (χ4v) is 2.88. The standard InChI is InChI=1S/C19H12ClN3O/c20-17-15(18(24)13-7-3-1-4-8-13)11-21-19-16(17)12-22-23(19)14-9-5-2-6-10-14/h1-12H. The van der Waals surface area contributed by atoms with Crippen LogP contribution in [0.1, 0.15) is 15.9 Å². The van der Waals surface area contributed by atoms with Crippen LogP contribution in [0.5, 0.6) is 0 Å². The highest BCUT2D eigenvalue weighted by Gasteiger charge is 2.18. The Bertz CT molecular complexity index is 1030. The van der Waals surface area contributed by atoms with Crippen molar-refractivity contribution in [3.63, 3.8) is 0 Å². The topological polar surface area (TPSA) is 47.8 Å². The molecular weight excluding hydrogens is 322 g/mol. The summed E-state index contributed by atoms with van der Waals surface area (Å²) in [6, 6.07) is 18.7. The lowest BCUT2D eigenvalue weighted by molar-refractivity contribution is 0.103. The van der Waals surface area contributed by atoms with Gasteiger partial charge in [0, 0.05) is 11.8 Å². The van der Waals surface area contributed by atoms with Crippen molar-refractivity contribution in [1.82, 2.24) is 14.8 Å². The van der Waals surface area contributed by atoms with E-state index in [2.05, 4.69) is 10.1 Å². The first-order valence-electron chi connectivity index (χ1n) is 7.43. The molecular formula is C19H12ClN3O. The van der Waals surface area contributed by atoms with Gasteiger partial charge in [-0.2, -0.15) is 5.10 Å². The van der Waals surface area contributed by atoms with Crippen molar-refractivity contribution < 1.29 is 4.79 Å². The minimum atomic E-state index is -0.150. The maximum absolute atomic E-state index is 12.6. The number of carbonyl (C=O) groups is 1. The van der Waals surface area contributed by atoms with Crippen LogP contribution in [-0.2, 0) is 0 Å². The highest BCUT2D eigenvalue weighted by Crippen LogP contribution is 2.28. The van der Waals surface area contributed by atoms with E-state index in [1.807, 2.05) is 48.5 Å². The Morgan fingerprint density at radius 3 is 2.29 bits per heavy atom. The van der Waals surface area contributed by atoms with Gasteiger partial charge in [0.15, 0.2) is 11.4 Å². The molecule has 0 bridgehead atoms. The normalized spacial score (nSPS) is 10.9. The SMILES string of the molecule is O=C(c1ccccc1)c1cnc2c(cnn2-c2ccccc2)c1Cl. The van der Waals surface area contributed by atoms with Gasteiger partial charge in [0.1, 0.15) is 0 Å². The maximum Gasteiger partial charge on any atom is 0.196 e. The van der Waals surface area contributed by atoms with Crippen molar-refractivity contribution in [2.45, 2.75) is 0 Å². The van der Waals surface area contributed by atoms with E-state index >= 15 is 0 Å². The highest BCUT2D eigenvalue weighted by molar-refractivity contribution is 6.39. The maximum atomic E-state index is 12.6. The summed E-state index contributed by atoms with van der Waals surface area (Å²) < 4.78 is 1.71. The molecule has 0 aliphatic rings. The number of halogens is 1. The number of nitrogens with zero attached hydrogens (tertiary/aromatic N) is 3. The van der Waals surface area contributed by atoms with E-state index in [1.165, 1.54) is 6.20 Å². The number of ketones is 1. The third-order valence-corrected chi connectivity index (χ3v) is 4.22. The van der Waals surface area contributed by atoms with Crippen LogP contribution in [0, 0.1) is 0 Å². The summed E-state index contributed by atoms with van der Waals surface area (Å²) in [5.41, 5.74) is 2.47. The molecule has 0 saturated carbocycles. The molecule has 4 aromatic rings. The average molecular weight is 334 g/mol. The van der Waals surface area contributed by atoms with E-state index in [-0.39, 0.29) is 5.78 Å². The molecule has 2 heterocycles. The summed E-state index contributed by atoms with van der Waals surface area (Å²) in [5, 5.41) is 5.38. The second-order valence-electron chi connectivity index (χ2n) is 5.31. The van der Waals surface area contributed by atoms with Gasteiger partial charge in [0.2, 0.25) is 0 Å². The number of hydrogen-bond acceptors (Lipinski definition) is 3. The Hall–Kier alpha value is -2.98. The van der Waals surface area contributed by atoms with Crippen LogP contribution in [0.3, 0.4) is 0 Å². The zero-order chi connectivity index (χ0) is 16.5. The number of benzene rings is 2. The van der Waals surface area contributed by atoms with Crippen LogP contribution in [0.2, 0.25) is 5.02 Å². The van der Waals surface area contributed by atoms with Crippen molar-refractivity contribution in [2.24, 2.45) is 0 Å². The first kappa shape index (κ1) is 14.6. The molecule has 0 amide bonds. The van der Waals surface area contributed by atoms with Crippen LogP contribution in [0.15, 0.2) is 73.1 Å². The van der Waals surface area contributed by atoms with E-state index < -0.39 is 0 Å². The fourth-order valence-electron chi connectivity index (χ4n) is 2.61. The number of carbonyl (C=O) groups excluding carboxylic acids is 1. The molecule has 24 heavy (non-hydrogen) atoms. The van der Waals surface area contributed by atoms with Crippen LogP contribution >= 0.6 is 11.6 Å². The van der Waals surface area contributed by atoms with E-state index in [1.54, 1.807) is 23.0 Å². The predicted octanol–water partition coefficient (Wildman–Crippen LogP) is 4.30. The molecule has 0 radical (unpaired) electrons. The lowest BCUT2D eigenvalue weighted by Crippen LogP contribution is -2.04. The molecule has 2 aromatic heterocycles. The van der Waals surface area contributed by atoms with E-state index in [0.29, 0.717) is 27.2 Å². The van der Waals surface area contributed by atoms with Gasteiger partial charge < -0.3 is 0 Å². The summed E-state index contributed by atoms with van der Waals surface area (Å²) in [7, 11) is 0. The van der Waals surface area contributed by atoms with Crippen LogP contribution < -0.4 is 0 Å². The van der Waals surface area contributed by atoms with Crippen molar-refractivity contribution >= 4 is 28.4 Å². The van der Waals surface area contributed by atoms with Crippen LogP contribution in [0.25, 0.3) is 16.7 Å². The Morgan fingerprint density at radius 2 is 1.58 bits per heavy atom. The summed E-state index contributed by atoms with van der Waals surface area (Å²) in [5.74, 6) is -0.150. The summed E-state index contributed by atoms with van der Waals surface area (Å²) in [6.07, 6.45) is 3.15. The smallest absolute Gasteiger partial charge is 0.196 e. The van der Waals surface area contributed by atoms with E-state index in [0.717, 1.165) is 5.69 Å². The van der Waals surface area contributed by atoms with Crippen molar-refractivity contribution in [3.8, 4) is 5.69 Å². The first-order valence-corrected chi connectivity index (χ1v) is 7.81. The molecule has 0 N–H and O–H groups in total. The zero-order valence-corrected chi connectivity index (χ0v) is 13.3. The Balaban J connectivity index is 1.84. The van der Waals surface area contributed by atoms with Gasteiger partial charge >= 0.3 is 0 Å². The molecule has 2 aromatic carbocycles. The average Bonchev–Trinajstić information content (AvgIpc) is 3.08. The molecule has 4 nitrogen and oxygen atoms in total. The van der Waals surface area contributed by atoms with Crippen molar-refractivity contribution in [1.29, 1.82) is 0 Å². The Labute approximate surface area is 143 Å². The summed E-state index contributed by atoms with van der Waals surface area (Å²) in [4.78, 5) is 17.1. The van der Waals surface area contributed by atoms with Gasteiger partial charge in [0.25, 0.3) is 0 Å². The largest absolute Gasteiger partial charge is 0.288 e. The zero-order valence-electron chi connectivity index (χ0n) is 12.6. The number of pyridine rings is 1. The highest BCUT2D eigenvalue weighted by atomic mass is 35.5. The number of rotatable bonds is 3. The number of fused-ring (bicyclic) bond motifs is 1. The quantitative estimate of drug-likeness (QED) is 0.525. The van der Waals surface area contributed by atoms with Gasteiger partial charge in [0.05, 0.1) is 27.9 Å². The van der Waals surface area contributed by atoms with Crippen LogP contribution in [0.4, 0.5) is 0 Å². The molecule has 5 heteroatoms. The van der Waals surface area contributed by atoms with Gasteiger partial charge in [-0.25, -0.2) is 9.67 Å². The minimum Gasteiger partial charge on any atom is -0.288 e. The second-order valence-corrected chi connectivity index (χ2v) is 5.69. The summed E-state index contributed by atoms with van der Waals surface area (Å²) >= 11 is 6.47. The third kappa shape index (κ3) is 2.37. The molecule has 0 aliphatic heterocycles. The van der Waals surface area contributed by atoms with Gasteiger partial charge in [-0.1, -0.05) is 60.1 Å². The molecule has 0 aliphatic carbocycles. The van der Waals surface area contributed by atoms with Crippen LogP contribution in [-0.4, -0.2) is 20.5 Å². The number of para-hydroxylation sites is 1. The fraction of sp³-hybridized carbons (Fsp3) is 0. The van der Waals surface area contributed by atoms with Crippen molar-refractivity contribution in [2.75, 3.05) is 0 Å². The number of aromatic nitrogens is 3. The van der Waals surface area contributed by atoms with E-state index in [9.17, 15) is 4.79 Å². The second kappa shape index (κ2) is 5.91. The lowest BCUT2D eigenvalue weighted by atomic mass is 10.0. The Morgan fingerprint density at radius 1 is 0.917 bits per heavy atom. The third-order valence-electron chi connectivity index (χ3n) is 3.81. The summed E-state index contributed by atoms with van der Waals surface area (Å²) in [6.45, 7) is 0. The molecule has 0 atom stereocenters. The number of hydrogen-bond donors (Lipinski definition) is 0. The molecule has 0 spiro atoms. The van der Waals surface area contributed by atoms with Gasteiger partial charge in [-0.3, -0.25) is 4.79 Å². The Kier molecular flexibility index (Phi) is 3.59. The monoisotopic (exact) mass is 333 g/mol. The molecule has 0 unspecified atom stereocenters. The van der Waals surface area contributed by atoms with Gasteiger partial charge in [-0.15, -0.1) is 0 Å². The predicted molar refractivity (Wildman–Crippen MR) is 93.7 cm³/mol. The lowest BCUT2D eigenvalue weighted by Gasteiger charge is -2.06. The minimum absolute atomic E-state index is 0.150. The molecule has 116 valence electrons. The van der Waals surface area contributed by atoms with E-state index in [4.69, 9.17) is 11.6 Å².